The third-order valence-electron chi connectivity index (χ3n) is 6.75. The maximum atomic E-state index is 13.3. The molecule has 2 heterocycles. The molecular weight excluding hydrogens is 516 g/mol. The van der Waals surface area contributed by atoms with Crippen LogP contribution >= 0.6 is 22.9 Å². The second kappa shape index (κ2) is 11.2. The standard InChI is InChI=1S/C22H29ClN4O6S2/c23-21-15(19(29)12-4-2-1-3-5-12)8-18(34-21)20(30)16-9-25-11-26-22(16)27-14-6-13(17(28)7-14)10-33-35(24,31)32/h8-9,11-14,17,19,28-29H,1-7,10H2,(H2,24,31,32)(H,25,26,27)/t13-,14-,17+,19+/m1/s1. The van der Waals surface area contributed by atoms with E-state index in [4.69, 9.17) is 16.7 Å². The second-order valence-electron chi connectivity index (χ2n) is 9.21. The highest BCUT2D eigenvalue weighted by atomic mass is 35.5. The van der Waals surface area contributed by atoms with Gasteiger partial charge in [-0.3, -0.25) is 8.98 Å². The third-order valence-corrected chi connectivity index (χ3v) is 8.61. The lowest BCUT2D eigenvalue weighted by atomic mass is 9.83. The molecule has 0 unspecified atom stereocenters. The first-order valence-electron chi connectivity index (χ1n) is 11.6. The number of aromatic nitrogens is 2. The van der Waals surface area contributed by atoms with Gasteiger partial charge in [-0.2, -0.15) is 8.42 Å². The Morgan fingerprint density at radius 1 is 1.31 bits per heavy atom. The largest absolute Gasteiger partial charge is 0.393 e. The lowest BCUT2D eigenvalue weighted by Crippen LogP contribution is -2.24. The number of hydrogen-bond acceptors (Lipinski definition) is 10. The summed E-state index contributed by atoms with van der Waals surface area (Å²) < 4.78 is 27.1. The number of hydrogen-bond donors (Lipinski definition) is 4. The summed E-state index contributed by atoms with van der Waals surface area (Å²) in [5.74, 6) is -0.327. The number of halogens is 1. The Bertz CT molecular complexity index is 1150. The summed E-state index contributed by atoms with van der Waals surface area (Å²) in [6, 6.07) is 1.39. The molecule has 4 rings (SSSR count). The van der Waals surface area contributed by atoms with Crippen LogP contribution in [0.3, 0.4) is 0 Å². The molecule has 0 amide bonds. The van der Waals surface area contributed by atoms with Crippen molar-refractivity contribution in [2.45, 2.75) is 63.2 Å². The van der Waals surface area contributed by atoms with Gasteiger partial charge in [0.05, 0.1) is 33.6 Å². The zero-order valence-electron chi connectivity index (χ0n) is 19.0. The van der Waals surface area contributed by atoms with Gasteiger partial charge in [-0.15, -0.1) is 11.3 Å². The fraction of sp³-hybridized carbons (Fsp3) is 0.591. The Morgan fingerprint density at radius 3 is 2.77 bits per heavy atom. The molecule has 2 aliphatic carbocycles. The van der Waals surface area contributed by atoms with Crippen LogP contribution in [0.2, 0.25) is 4.34 Å². The predicted molar refractivity (Wildman–Crippen MR) is 132 cm³/mol. The minimum absolute atomic E-state index is 0.135. The van der Waals surface area contributed by atoms with Crippen molar-refractivity contribution in [1.82, 2.24) is 9.97 Å². The smallest absolute Gasteiger partial charge is 0.333 e. The van der Waals surface area contributed by atoms with Crippen molar-refractivity contribution in [2.24, 2.45) is 17.0 Å². The van der Waals surface area contributed by atoms with Crippen LogP contribution in [0.4, 0.5) is 5.82 Å². The molecule has 0 radical (unpaired) electrons. The Morgan fingerprint density at radius 2 is 2.06 bits per heavy atom. The molecule has 13 heteroatoms. The Hall–Kier alpha value is -1.67. The quantitative estimate of drug-likeness (QED) is 0.347. The molecule has 35 heavy (non-hydrogen) atoms. The molecule has 10 nitrogen and oxygen atoms in total. The number of aliphatic hydroxyl groups excluding tert-OH is 2. The number of nitrogens with zero attached hydrogens (tertiary/aromatic N) is 2. The van der Waals surface area contributed by atoms with E-state index in [1.807, 2.05) is 0 Å². The summed E-state index contributed by atoms with van der Waals surface area (Å²) in [7, 11) is -4.10. The van der Waals surface area contributed by atoms with Crippen LogP contribution < -0.4 is 10.5 Å². The van der Waals surface area contributed by atoms with Crippen molar-refractivity contribution in [1.29, 1.82) is 0 Å². The highest BCUT2D eigenvalue weighted by Crippen LogP contribution is 2.41. The zero-order chi connectivity index (χ0) is 25.2. The first kappa shape index (κ1) is 26.4. The summed E-state index contributed by atoms with van der Waals surface area (Å²) in [6.45, 7) is -0.229. The predicted octanol–water partition coefficient (Wildman–Crippen LogP) is 2.81. The van der Waals surface area contributed by atoms with Crippen molar-refractivity contribution in [3.05, 3.63) is 38.9 Å². The monoisotopic (exact) mass is 544 g/mol. The lowest BCUT2D eigenvalue weighted by molar-refractivity contribution is 0.0852. The van der Waals surface area contributed by atoms with E-state index in [1.54, 1.807) is 6.07 Å². The molecule has 2 fully saturated rings. The van der Waals surface area contributed by atoms with Crippen LogP contribution in [0.25, 0.3) is 0 Å². The van der Waals surface area contributed by atoms with Gasteiger partial charge in [0.1, 0.15) is 12.1 Å². The van der Waals surface area contributed by atoms with Crippen LogP contribution in [-0.4, -0.2) is 53.1 Å². The molecule has 4 atom stereocenters. The van der Waals surface area contributed by atoms with Gasteiger partial charge in [0.2, 0.25) is 5.78 Å². The van der Waals surface area contributed by atoms with Crippen LogP contribution in [0, 0.1) is 11.8 Å². The maximum Gasteiger partial charge on any atom is 0.333 e. The van der Waals surface area contributed by atoms with E-state index >= 15 is 0 Å². The van der Waals surface area contributed by atoms with E-state index in [0.717, 1.165) is 37.0 Å². The highest BCUT2D eigenvalue weighted by molar-refractivity contribution is 7.84. The van der Waals surface area contributed by atoms with E-state index in [-0.39, 0.29) is 29.9 Å². The van der Waals surface area contributed by atoms with Crippen molar-refractivity contribution >= 4 is 44.8 Å². The number of rotatable bonds is 9. The molecule has 0 aromatic carbocycles. The van der Waals surface area contributed by atoms with Crippen LogP contribution in [-0.2, 0) is 14.5 Å². The summed E-state index contributed by atoms with van der Waals surface area (Å²) in [5.41, 5.74) is 0.817. The van der Waals surface area contributed by atoms with E-state index in [9.17, 15) is 23.4 Å². The molecule has 2 aromatic heterocycles. The number of nitrogens with two attached hydrogens (primary N) is 1. The zero-order valence-corrected chi connectivity index (χ0v) is 21.4. The number of carbonyl (C=O) groups is 1. The van der Waals surface area contributed by atoms with Crippen molar-refractivity contribution in [3.8, 4) is 0 Å². The first-order chi connectivity index (χ1) is 16.6. The molecule has 2 aromatic rings. The topological polar surface area (TPSA) is 165 Å². The molecule has 192 valence electrons. The van der Waals surface area contributed by atoms with E-state index in [2.05, 4.69) is 19.5 Å². The maximum absolute atomic E-state index is 13.3. The second-order valence-corrected chi connectivity index (χ2v) is 12.1. The van der Waals surface area contributed by atoms with Crippen molar-refractivity contribution in [2.75, 3.05) is 11.9 Å². The fourth-order valence-electron chi connectivity index (χ4n) is 4.92. The van der Waals surface area contributed by atoms with Gasteiger partial charge in [0, 0.05) is 23.7 Å². The van der Waals surface area contributed by atoms with Gasteiger partial charge in [-0.05, 0) is 37.7 Å². The fourth-order valence-corrected chi connectivity index (χ4v) is 6.58. The first-order valence-corrected chi connectivity index (χ1v) is 14.2. The Balaban J connectivity index is 1.47. The van der Waals surface area contributed by atoms with E-state index < -0.39 is 28.4 Å². The minimum atomic E-state index is -4.10. The molecular formula is C22H29ClN4O6S2. The molecule has 0 saturated heterocycles. The van der Waals surface area contributed by atoms with E-state index in [0.29, 0.717) is 33.4 Å². The van der Waals surface area contributed by atoms with Crippen molar-refractivity contribution < 1.29 is 27.6 Å². The van der Waals surface area contributed by atoms with Gasteiger partial charge < -0.3 is 15.5 Å². The number of carbonyl (C=O) groups excluding carboxylic acids is 1. The molecule has 5 N–H and O–H groups in total. The molecule has 2 saturated carbocycles. The van der Waals surface area contributed by atoms with Gasteiger partial charge in [0.15, 0.2) is 0 Å². The summed E-state index contributed by atoms with van der Waals surface area (Å²) >= 11 is 7.55. The SMILES string of the molecule is NS(=O)(=O)OC[C@H]1C[C@@H](Nc2ncncc2C(=O)c2cc([C@@H](O)C3CCCCC3)c(Cl)s2)C[C@@H]1O. The van der Waals surface area contributed by atoms with Gasteiger partial charge >= 0.3 is 10.3 Å². The Kier molecular flexibility index (Phi) is 8.41. The third kappa shape index (κ3) is 6.56. The number of nitrogens with one attached hydrogen (secondary N) is 1. The van der Waals surface area contributed by atoms with Gasteiger partial charge in [-0.1, -0.05) is 30.9 Å². The van der Waals surface area contributed by atoms with Crippen LogP contribution in [0.5, 0.6) is 0 Å². The van der Waals surface area contributed by atoms with Gasteiger partial charge in [-0.25, -0.2) is 15.1 Å². The number of aliphatic hydroxyl groups is 2. The molecule has 2 aliphatic rings. The average Bonchev–Trinajstić information content (AvgIpc) is 3.39. The summed E-state index contributed by atoms with van der Waals surface area (Å²) in [4.78, 5) is 21.9. The minimum Gasteiger partial charge on any atom is -0.393 e. The van der Waals surface area contributed by atoms with Gasteiger partial charge in [0.25, 0.3) is 0 Å². The molecule has 0 aliphatic heterocycles. The average molecular weight is 545 g/mol. The number of ketones is 1. The normalized spacial score (nSPS) is 24.4. The summed E-state index contributed by atoms with van der Waals surface area (Å²) in [5, 5.41) is 29.2. The lowest BCUT2D eigenvalue weighted by Gasteiger charge is -2.26. The molecule has 0 bridgehead atoms. The molecule has 0 spiro atoms. The number of thiophene rings is 1. The van der Waals surface area contributed by atoms with E-state index in [1.165, 1.54) is 18.9 Å². The number of anilines is 1. The highest BCUT2D eigenvalue weighted by Gasteiger charge is 2.35. The van der Waals surface area contributed by atoms with Crippen molar-refractivity contribution in [3.63, 3.8) is 0 Å². The Labute approximate surface area is 213 Å². The van der Waals surface area contributed by atoms with Crippen LogP contribution in [0.1, 0.15) is 71.8 Å². The summed E-state index contributed by atoms with van der Waals surface area (Å²) in [6.07, 6.45) is 7.15. The van der Waals surface area contributed by atoms with Crippen LogP contribution in [0.15, 0.2) is 18.6 Å².